The van der Waals surface area contributed by atoms with E-state index in [1.807, 2.05) is 10.9 Å². The van der Waals surface area contributed by atoms with Crippen LogP contribution in [0.3, 0.4) is 0 Å². The van der Waals surface area contributed by atoms with E-state index in [-0.39, 0.29) is 11.9 Å². The normalized spacial score (nSPS) is 16.7. The van der Waals surface area contributed by atoms with Crippen molar-refractivity contribution >= 4 is 11.6 Å². The summed E-state index contributed by atoms with van der Waals surface area (Å²) in [7, 11) is 6.33. The van der Waals surface area contributed by atoms with Gasteiger partial charge in [0.25, 0.3) is 5.91 Å². The summed E-state index contributed by atoms with van der Waals surface area (Å²) in [6.45, 7) is 1.91. The molecule has 1 aromatic carbocycles. The second-order valence-corrected chi connectivity index (χ2v) is 6.43. The van der Waals surface area contributed by atoms with Gasteiger partial charge in [-0.1, -0.05) is 0 Å². The summed E-state index contributed by atoms with van der Waals surface area (Å²) in [6, 6.07) is 5.51. The number of hydrogen-bond donors (Lipinski definition) is 1. The van der Waals surface area contributed by atoms with Gasteiger partial charge < -0.3 is 24.4 Å². The Balaban J connectivity index is 1.84. The van der Waals surface area contributed by atoms with Gasteiger partial charge >= 0.3 is 0 Å². The van der Waals surface area contributed by atoms with Gasteiger partial charge in [0.2, 0.25) is 5.75 Å². The average molecular weight is 374 g/mol. The van der Waals surface area contributed by atoms with Crippen LogP contribution in [0.15, 0.2) is 24.4 Å². The SMILES string of the molecule is COc1cc(N(C)C(=O)c2ccn(C3CCCNC3)n2)cc(OC)c1OC. The number of hydrogen-bond acceptors (Lipinski definition) is 6. The van der Waals surface area contributed by atoms with Crippen molar-refractivity contribution in [3.8, 4) is 17.2 Å². The lowest BCUT2D eigenvalue weighted by molar-refractivity contribution is 0.0987. The van der Waals surface area contributed by atoms with Crippen LogP contribution in [0.2, 0.25) is 0 Å². The van der Waals surface area contributed by atoms with Crippen molar-refractivity contribution in [1.82, 2.24) is 15.1 Å². The van der Waals surface area contributed by atoms with Crippen molar-refractivity contribution in [3.05, 3.63) is 30.1 Å². The van der Waals surface area contributed by atoms with Crippen LogP contribution in [0.4, 0.5) is 5.69 Å². The molecule has 1 atom stereocenters. The molecule has 1 aromatic heterocycles. The van der Waals surface area contributed by atoms with Crippen LogP contribution < -0.4 is 24.4 Å². The minimum absolute atomic E-state index is 0.202. The topological polar surface area (TPSA) is 77.9 Å². The van der Waals surface area contributed by atoms with Crippen LogP contribution in [0.5, 0.6) is 17.2 Å². The number of nitrogens with one attached hydrogen (secondary N) is 1. The molecule has 0 bridgehead atoms. The van der Waals surface area contributed by atoms with Crippen LogP contribution in [0.25, 0.3) is 0 Å². The number of nitrogens with zero attached hydrogens (tertiary/aromatic N) is 3. The molecule has 1 saturated heterocycles. The number of benzene rings is 1. The molecule has 2 heterocycles. The number of aromatic nitrogens is 2. The maximum atomic E-state index is 12.9. The molecule has 1 N–H and O–H groups in total. The van der Waals surface area contributed by atoms with Gasteiger partial charge in [0.05, 0.1) is 33.1 Å². The average Bonchev–Trinajstić information content (AvgIpc) is 3.22. The fourth-order valence-electron chi connectivity index (χ4n) is 3.26. The first-order chi connectivity index (χ1) is 13.1. The minimum Gasteiger partial charge on any atom is -0.493 e. The number of methoxy groups -OCH3 is 3. The lowest BCUT2D eigenvalue weighted by Gasteiger charge is -2.23. The van der Waals surface area contributed by atoms with Crippen LogP contribution in [-0.4, -0.2) is 57.2 Å². The molecule has 27 heavy (non-hydrogen) atoms. The molecule has 0 spiro atoms. The first-order valence-corrected chi connectivity index (χ1v) is 8.93. The third-order valence-corrected chi connectivity index (χ3v) is 4.81. The van der Waals surface area contributed by atoms with E-state index in [9.17, 15) is 4.79 Å². The first kappa shape index (κ1) is 19.0. The molecule has 3 rings (SSSR count). The molecule has 1 fully saturated rings. The van der Waals surface area contributed by atoms with E-state index in [1.54, 1.807) is 46.6 Å². The van der Waals surface area contributed by atoms with E-state index in [4.69, 9.17) is 14.2 Å². The molecular formula is C19H26N4O4. The third-order valence-electron chi connectivity index (χ3n) is 4.81. The van der Waals surface area contributed by atoms with Crippen LogP contribution in [-0.2, 0) is 0 Å². The fraction of sp³-hybridized carbons (Fsp3) is 0.474. The fourth-order valence-corrected chi connectivity index (χ4v) is 3.26. The van der Waals surface area contributed by atoms with E-state index < -0.39 is 0 Å². The molecule has 0 saturated carbocycles. The summed E-state index contributed by atoms with van der Waals surface area (Å²) in [5.74, 6) is 1.26. The Morgan fingerprint density at radius 3 is 2.48 bits per heavy atom. The Bertz CT molecular complexity index is 774. The minimum atomic E-state index is -0.202. The van der Waals surface area contributed by atoms with Gasteiger partial charge in [-0.15, -0.1) is 0 Å². The van der Waals surface area contributed by atoms with E-state index in [2.05, 4.69) is 10.4 Å². The van der Waals surface area contributed by atoms with Gasteiger partial charge in [0, 0.05) is 31.9 Å². The highest BCUT2D eigenvalue weighted by molar-refractivity contribution is 6.04. The van der Waals surface area contributed by atoms with Crippen molar-refractivity contribution in [3.63, 3.8) is 0 Å². The lowest BCUT2D eigenvalue weighted by Crippen LogP contribution is -2.32. The van der Waals surface area contributed by atoms with Crippen LogP contribution >= 0.6 is 0 Å². The molecular weight excluding hydrogens is 348 g/mol. The Labute approximate surface area is 159 Å². The molecule has 0 aliphatic carbocycles. The predicted octanol–water partition coefficient (Wildman–Crippen LogP) is 2.11. The Hall–Kier alpha value is -2.74. The highest BCUT2D eigenvalue weighted by atomic mass is 16.5. The molecule has 0 radical (unpaired) electrons. The van der Waals surface area contributed by atoms with Gasteiger partial charge in [-0.05, 0) is 25.5 Å². The number of piperidine rings is 1. The molecule has 1 unspecified atom stereocenters. The zero-order valence-electron chi connectivity index (χ0n) is 16.2. The van der Waals surface area contributed by atoms with E-state index in [0.29, 0.717) is 28.6 Å². The van der Waals surface area contributed by atoms with Crippen molar-refractivity contribution < 1.29 is 19.0 Å². The lowest BCUT2D eigenvalue weighted by atomic mass is 10.1. The smallest absolute Gasteiger partial charge is 0.278 e. The molecule has 1 aliphatic rings. The molecule has 8 nitrogen and oxygen atoms in total. The maximum Gasteiger partial charge on any atom is 0.278 e. The number of carbonyl (C=O) groups excluding carboxylic acids is 1. The van der Waals surface area contributed by atoms with Crippen molar-refractivity contribution in [2.45, 2.75) is 18.9 Å². The van der Waals surface area contributed by atoms with E-state index in [0.717, 1.165) is 25.9 Å². The van der Waals surface area contributed by atoms with Crippen molar-refractivity contribution in [2.75, 3.05) is 46.4 Å². The quantitative estimate of drug-likeness (QED) is 0.834. The maximum absolute atomic E-state index is 12.9. The second kappa shape index (κ2) is 8.30. The van der Waals surface area contributed by atoms with E-state index >= 15 is 0 Å². The van der Waals surface area contributed by atoms with Gasteiger partial charge in [0.1, 0.15) is 0 Å². The number of amides is 1. The zero-order valence-corrected chi connectivity index (χ0v) is 16.2. The highest BCUT2D eigenvalue weighted by Crippen LogP contribution is 2.41. The van der Waals surface area contributed by atoms with E-state index in [1.165, 1.54) is 4.90 Å². The number of rotatable bonds is 6. The molecule has 146 valence electrons. The number of carbonyl (C=O) groups is 1. The standard InChI is InChI=1S/C19H26N4O4/c1-22(14-10-16(25-2)18(27-4)17(11-14)26-3)19(24)15-7-9-23(21-15)13-6-5-8-20-12-13/h7,9-11,13,20H,5-6,8,12H2,1-4H3. The highest BCUT2D eigenvalue weighted by Gasteiger charge is 2.22. The van der Waals surface area contributed by atoms with Crippen molar-refractivity contribution in [1.29, 1.82) is 0 Å². The van der Waals surface area contributed by atoms with Gasteiger partial charge in [0.15, 0.2) is 17.2 Å². The summed E-state index contributed by atoms with van der Waals surface area (Å²) in [6.07, 6.45) is 4.04. The Kier molecular flexibility index (Phi) is 5.85. The summed E-state index contributed by atoms with van der Waals surface area (Å²) in [4.78, 5) is 14.4. The largest absolute Gasteiger partial charge is 0.493 e. The Morgan fingerprint density at radius 1 is 1.22 bits per heavy atom. The van der Waals surface area contributed by atoms with Crippen LogP contribution in [0, 0.1) is 0 Å². The number of anilines is 1. The summed E-state index contributed by atoms with van der Waals surface area (Å²) in [5.41, 5.74) is 1.03. The van der Waals surface area contributed by atoms with Gasteiger partial charge in [-0.25, -0.2) is 0 Å². The third kappa shape index (κ3) is 3.85. The predicted molar refractivity (Wildman–Crippen MR) is 102 cm³/mol. The number of ether oxygens (including phenoxy) is 3. The molecule has 8 heteroatoms. The molecule has 1 amide bonds. The first-order valence-electron chi connectivity index (χ1n) is 8.93. The van der Waals surface area contributed by atoms with Crippen molar-refractivity contribution in [2.24, 2.45) is 0 Å². The Morgan fingerprint density at radius 2 is 1.93 bits per heavy atom. The zero-order chi connectivity index (χ0) is 19.4. The molecule has 2 aromatic rings. The summed E-state index contributed by atoms with van der Waals surface area (Å²) < 4.78 is 17.9. The monoisotopic (exact) mass is 374 g/mol. The molecule has 1 aliphatic heterocycles. The van der Waals surface area contributed by atoms with Gasteiger partial charge in [-0.3, -0.25) is 9.48 Å². The van der Waals surface area contributed by atoms with Crippen LogP contribution in [0.1, 0.15) is 29.4 Å². The second-order valence-electron chi connectivity index (χ2n) is 6.43. The summed E-state index contributed by atoms with van der Waals surface area (Å²) in [5, 5.41) is 7.86. The van der Waals surface area contributed by atoms with Gasteiger partial charge in [-0.2, -0.15) is 5.10 Å². The summed E-state index contributed by atoms with van der Waals surface area (Å²) >= 11 is 0.